The number of hydrogen-bond donors (Lipinski definition) is 1. The molecule has 2 aromatic rings. The molecular weight excluding hydrogens is 212 g/mol. The van der Waals surface area contributed by atoms with Gasteiger partial charge < -0.3 is 10.6 Å². The van der Waals surface area contributed by atoms with E-state index in [1.165, 1.54) is 5.82 Å². The van der Waals surface area contributed by atoms with Gasteiger partial charge in [0.05, 0.1) is 11.2 Å². The molecule has 1 saturated heterocycles. The van der Waals surface area contributed by atoms with Crippen molar-refractivity contribution < 1.29 is 0 Å². The number of fused-ring (bicyclic) bond motifs is 1. The summed E-state index contributed by atoms with van der Waals surface area (Å²) in [6, 6.07) is 8.80. The van der Waals surface area contributed by atoms with Gasteiger partial charge in [0.25, 0.3) is 0 Å². The van der Waals surface area contributed by atoms with Gasteiger partial charge in [-0.3, -0.25) is 0 Å². The average molecular weight is 230 g/mol. The summed E-state index contributed by atoms with van der Waals surface area (Å²) in [5.41, 5.74) is 8.14. The molecule has 4 heteroatoms. The number of rotatable bonds is 1. The first-order valence-corrected chi connectivity index (χ1v) is 6.20. The lowest BCUT2D eigenvalue weighted by atomic mass is 10.1. The number of nitrogens with two attached hydrogens (primary N) is 1. The van der Waals surface area contributed by atoms with E-state index >= 15 is 0 Å². The third-order valence-corrected chi connectivity index (χ3v) is 3.48. The molecule has 2 N–H and O–H groups in total. The van der Waals surface area contributed by atoms with Crippen molar-refractivity contribution in [1.29, 1.82) is 0 Å². The molecule has 0 bridgehead atoms. The van der Waals surface area contributed by atoms with Crippen molar-refractivity contribution in [3.63, 3.8) is 0 Å². The highest BCUT2D eigenvalue weighted by atomic mass is 15.3. The highest BCUT2D eigenvalue weighted by Gasteiger charge is 2.18. The van der Waals surface area contributed by atoms with Crippen molar-refractivity contribution in [2.45, 2.75) is 25.8 Å². The normalized spacial score (nSPS) is 17.9. The molecule has 0 aromatic carbocycles. The Hall–Kier alpha value is -1.55. The van der Waals surface area contributed by atoms with Crippen LogP contribution in [0.5, 0.6) is 0 Å². The predicted molar refractivity (Wildman–Crippen MR) is 69.4 cm³/mol. The summed E-state index contributed by atoms with van der Waals surface area (Å²) in [5, 5.41) is 4.57. The zero-order valence-electron chi connectivity index (χ0n) is 10.1. The van der Waals surface area contributed by atoms with Crippen molar-refractivity contribution in [3.05, 3.63) is 30.0 Å². The molecule has 3 rings (SSSR count). The third kappa shape index (κ3) is 1.89. The van der Waals surface area contributed by atoms with Crippen LogP contribution < -0.4 is 10.6 Å². The molecule has 1 aliphatic rings. The predicted octanol–water partition coefficient (Wildman–Crippen LogP) is 1.57. The van der Waals surface area contributed by atoms with Gasteiger partial charge in [-0.2, -0.15) is 5.10 Å². The van der Waals surface area contributed by atoms with E-state index in [4.69, 9.17) is 5.73 Å². The van der Waals surface area contributed by atoms with Crippen molar-refractivity contribution in [2.75, 3.05) is 18.0 Å². The fourth-order valence-electron chi connectivity index (χ4n) is 2.43. The zero-order valence-corrected chi connectivity index (χ0v) is 10.1. The van der Waals surface area contributed by atoms with Crippen molar-refractivity contribution in [1.82, 2.24) is 9.61 Å². The second-order valence-corrected chi connectivity index (χ2v) is 4.83. The van der Waals surface area contributed by atoms with Gasteiger partial charge in [-0.15, -0.1) is 0 Å². The number of aromatic nitrogens is 2. The van der Waals surface area contributed by atoms with Crippen molar-refractivity contribution in [2.24, 2.45) is 5.73 Å². The molecule has 17 heavy (non-hydrogen) atoms. The Morgan fingerprint density at radius 1 is 1.18 bits per heavy atom. The summed E-state index contributed by atoms with van der Waals surface area (Å²) in [6.07, 6.45) is 2.14. The van der Waals surface area contributed by atoms with Crippen LogP contribution in [0.1, 0.15) is 18.5 Å². The van der Waals surface area contributed by atoms with E-state index in [9.17, 15) is 0 Å². The van der Waals surface area contributed by atoms with E-state index in [1.807, 2.05) is 17.5 Å². The highest BCUT2D eigenvalue weighted by Crippen LogP contribution is 2.21. The molecule has 4 nitrogen and oxygen atoms in total. The van der Waals surface area contributed by atoms with Gasteiger partial charge in [-0.05, 0) is 44.0 Å². The van der Waals surface area contributed by atoms with E-state index in [0.717, 1.165) is 37.1 Å². The Bertz CT molecular complexity index is 523. The molecule has 1 aliphatic heterocycles. The maximum Gasteiger partial charge on any atom is 0.130 e. The molecular formula is C13H18N4. The molecule has 2 aromatic heterocycles. The fraction of sp³-hybridized carbons (Fsp3) is 0.462. The van der Waals surface area contributed by atoms with Crippen LogP contribution in [0.4, 0.5) is 5.82 Å². The maximum atomic E-state index is 5.94. The number of aryl methyl sites for hydroxylation is 1. The summed E-state index contributed by atoms with van der Waals surface area (Å²) in [5.74, 6) is 1.19. The van der Waals surface area contributed by atoms with E-state index < -0.39 is 0 Å². The SMILES string of the molecule is Cc1ccc2ccc(N3CCC(N)CC3)n2n1. The van der Waals surface area contributed by atoms with Crippen LogP contribution in [-0.4, -0.2) is 28.7 Å². The zero-order chi connectivity index (χ0) is 11.8. The van der Waals surface area contributed by atoms with Crippen LogP contribution in [0.25, 0.3) is 5.52 Å². The highest BCUT2D eigenvalue weighted by molar-refractivity contribution is 5.57. The Morgan fingerprint density at radius 3 is 2.65 bits per heavy atom. The Morgan fingerprint density at radius 2 is 1.88 bits per heavy atom. The Kier molecular flexibility index (Phi) is 2.52. The van der Waals surface area contributed by atoms with Crippen LogP contribution in [0.2, 0.25) is 0 Å². The first kappa shape index (κ1) is 10.6. The topological polar surface area (TPSA) is 46.6 Å². The minimum atomic E-state index is 0.368. The number of piperidine rings is 1. The molecule has 0 aliphatic carbocycles. The molecule has 0 amide bonds. The first-order valence-electron chi connectivity index (χ1n) is 6.20. The second kappa shape index (κ2) is 4.04. The molecule has 0 radical (unpaired) electrons. The minimum absolute atomic E-state index is 0.368. The van der Waals surface area contributed by atoms with E-state index in [2.05, 4.69) is 28.2 Å². The van der Waals surface area contributed by atoms with Gasteiger partial charge in [0.2, 0.25) is 0 Å². The maximum absolute atomic E-state index is 5.94. The second-order valence-electron chi connectivity index (χ2n) is 4.83. The van der Waals surface area contributed by atoms with Crippen LogP contribution >= 0.6 is 0 Å². The number of anilines is 1. The Balaban J connectivity index is 1.97. The molecule has 1 fully saturated rings. The summed E-state index contributed by atoms with van der Waals surface area (Å²) >= 11 is 0. The van der Waals surface area contributed by atoms with Crippen molar-refractivity contribution in [3.8, 4) is 0 Å². The van der Waals surface area contributed by atoms with Crippen LogP contribution in [0, 0.1) is 6.92 Å². The van der Waals surface area contributed by atoms with E-state index in [-0.39, 0.29) is 0 Å². The molecule has 3 heterocycles. The summed E-state index contributed by atoms with van der Waals surface area (Å²) in [6.45, 7) is 4.08. The molecule has 0 atom stereocenters. The van der Waals surface area contributed by atoms with E-state index in [1.54, 1.807) is 0 Å². The van der Waals surface area contributed by atoms with Gasteiger partial charge in [-0.1, -0.05) is 0 Å². The van der Waals surface area contributed by atoms with Gasteiger partial charge in [0.1, 0.15) is 5.82 Å². The average Bonchev–Trinajstić information content (AvgIpc) is 2.73. The van der Waals surface area contributed by atoms with Gasteiger partial charge in [-0.25, -0.2) is 4.52 Å². The van der Waals surface area contributed by atoms with Crippen LogP contribution in [0.3, 0.4) is 0 Å². The molecule has 0 saturated carbocycles. The molecule has 0 unspecified atom stereocenters. The van der Waals surface area contributed by atoms with Gasteiger partial charge in [0.15, 0.2) is 0 Å². The third-order valence-electron chi connectivity index (χ3n) is 3.48. The van der Waals surface area contributed by atoms with Gasteiger partial charge >= 0.3 is 0 Å². The van der Waals surface area contributed by atoms with Crippen LogP contribution in [-0.2, 0) is 0 Å². The smallest absolute Gasteiger partial charge is 0.130 e. The first-order chi connectivity index (χ1) is 8.24. The molecule has 0 spiro atoms. The Labute approximate surface area is 101 Å². The summed E-state index contributed by atoms with van der Waals surface area (Å²) < 4.78 is 2.03. The van der Waals surface area contributed by atoms with Gasteiger partial charge in [0, 0.05) is 19.1 Å². The standard InChI is InChI=1S/C13H18N4/c1-10-2-3-12-4-5-13(17(12)15-10)16-8-6-11(14)7-9-16/h2-5,11H,6-9,14H2,1H3. The lowest BCUT2D eigenvalue weighted by Gasteiger charge is -2.31. The fourth-order valence-corrected chi connectivity index (χ4v) is 2.43. The quantitative estimate of drug-likeness (QED) is 0.809. The number of hydrogen-bond acceptors (Lipinski definition) is 3. The lowest BCUT2D eigenvalue weighted by Crippen LogP contribution is -2.40. The van der Waals surface area contributed by atoms with Crippen molar-refractivity contribution >= 4 is 11.3 Å². The largest absolute Gasteiger partial charge is 0.356 e. The monoisotopic (exact) mass is 230 g/mol. The molecule has 90 valence electrons. The summed E-state index contributed by atoms with van der Waals surface area (Å²) in [4.78, 5) is 2.38. The summed E-state index contributed by atoms with van der Waals surface area (Å²) in [7, 11) is 0. The lowest BCUT2D eigenvalue weighted by molar-refractivity contribution is 0.496. The van der Waals surface area contributed by atoms with E-state index in [0.29, 0.717) is 6.04 Å². The van der Waals surface area contributed by atoms with Crippen LogP contribution in [0.15, 0.2) is 24.3 Å². The minimum Gasteiger partial charge on any atom is -0.356 e. The number of nitrogens with zero attached hydrogens (tertiary/aromatic N) is 3.